The van der Waals surface area contributed by atoms with Gasteiger partial charge in [0.2, 0.25) is 0 Å². The summed E-state index contributed by atoms with van der Waals surface area (Å²) in [6.45, 7) is 3.97. The van der Waals surface area contributed by atoms with E-state index in [-0.39, 0.29) is 6.61 Å². The lowest BCUT2D eigenvalue weighted by Gasteiger charge is -2.11. The molecule has 0 fully saturated rings. The van der Waals surface area contributed by atoms with Crippen molar-refractivity contribution in [3.63, 3.8) is 0 Å². The van der Waals surface area contributed by atoms with Crippen LogP contribution in [0.15, 0.2) is 29.4 Å². The van der Waals surface area contributed by atoms with Gasteiger partial charge in [0.1, 0.15) is 29.9 Å². The SMILES string of the molecule is CCCc1sc(-c2ccc(OCCF)c(OCC)c2)nc1CSc1nc(N)cc(N)n1. The number of ether oxygens (including phenoxy) is 2. The van der Waals surface area contributed by atoms with Crippen molar-refractivity contribution < 1.29 is 13.9 Å². The number of thiazole rings is 1. The van der Waals surface area contributed by atoms with E-state index in [4.69, 9.17) is 25.9 Å². The molecule has 0 bridgehead atoms. The van der Waals surface area contributed by atoms with Gasteiger partial charge in [0.05, 0.1) is 12.3 Å². The van der Waals surface area contributed by atoms with Crippen molar-refractivity contribution in [2.75, 3.05) is 31.4 Å². The van der Waals surface area contributed by atoms with Crippen molar-refractivity contribution in [3.05, 3.63) is 34.8 Å². The zero-order valence-electron chi connectivity index (χ0n) is 17.6. The number of hydrogen-bond donors (Lipinski definition) is 2. The van der Waals surface area contributed by atoms with Crippen molar-refractivity contribution >= 4 is 34.7 Å². The predicted molar refractivity (Wildman–Crippen MR) is 125 cm³/mol. The highest BCUT2D eigenvalue weighted by Crippen LogP contribution is 2.37. The van der Waals surface area contributed by atoms with Crippen LogP contribution in [0, 0.1) is 0 Å². The molecular weight excluding hydrogens is 437 g/mol. The second-order valence-corrected chi connectivity index (χ2v) is 8.59. The third-order valence-electron chi connectivity index (χ3n) is 4.16. The number of nitrogens with zero attached hydrogens (tertiary/aromatic N) is 3. The molecule has 0 aliphatic rings. The van der Waals surface area contributed by atoms with E-state index in [2.05, 4.69) is 16.9 Å². The zero-order chi connectivity index (χ0) is 22.2. The Labute approximate surface area is 189 Å². The average Bonchev–Trinajstić information content (AvgIpc) is 3.14. The molecule has 0 spiro atoms. The van der Waals surface area contributed by atoms with Crippen molar-refractivity contribution in [2.24, 2.45) is 0 Å². The number of anilines is 2. The van der Waals surface area contributed by atoms with E-state index in [0.29, 0.717) is 40.7 Å². The van der Waals surface area contributed by atoms with Crippen LogP contribution in [-0.2, 0) is 12.2 Å². The summed E-state index contributed by atoms with van der Waals surface area (Å²) < 4.78 is 23.6. The summed E-state index contributed by atoms with van der Waals surface area (Å²) in [5, 5.41) is 1.42. The van der Waals surface area contributed by atoms with Crippen LogP contribution in [0.2, 0.25) is 0 Å². The normalized spacial score (nSPS) is 10.9. The molecule has 0 saturated carbocycles. The van der Waals surface area contributed by atoms with Gasteiger partial charge in [-0.25, -0.2) is 19.3 Å². The summed E-state index contributed by atoms with van der Waals surface area (Å²) in [7, 11) is 0. The Bertz CT molecular complexity index is 995. The summed E-state index contributed by atoms with van der Waals surface area (Å²) >= 11 is 3.11. The van der Waals surface area contributed by atoms with Gasteiger partial charge in [-0.1, -0.05) is 25.1 Å². The van der Waals surface area contributed by atoms with Gasteiger partial charge in [0.15, 0.2) is 16.7 Å². The summed E-state index contributed by atoms with van der Waals surface area (Å²) in [5.74, 6) is 2.42. The van der Waals surface area contributed by atoms with Crippen molar-refractivity contribution in [1.29, 1.82) is 0 Å². The van der Waals surface area contributed by atoms with Crippen LogP contribution in [-0.4, -0.2) is 34.8 Å². The number of aromatic nitrogens is 3. The topological polar surface area (TPSA) is 109 Å². The number of benzene rings is 1. The monoisotopic (exact) mass is 463 g/mol. The lowest BCUT2D eigenvalue weighted by atomic mass is 10.2. The van der Waals surface area contributed by atoms with Gasteiger partial charge in [-0.05, 0) is 31.5 Å². The molecule has 4 N–H and O–H groups in total. The Morgan fingerprint density at radius 1 is 1.03 bits per heavy atom. The van der Waals surface area contributed by atoms with Gasteiger partial charge in [0, 0.05) is 22.3 Å². The fourth-order valence-corrected chi connectivity index (χ4v) is 4.99. The number of nitrogen functional groups attached to an aromatic ring is 2. The van der Waals surface area contributed by atoms with E-state index in [1.165, 1.54) is 22.7 Å². The van der Waals surface area contributed by atoms with Crippen LogP contribution in [0.3, 0.4) is 0 Å². The molecule has 2 heterocycles. The highest BCUT2D eigenvalue weighted by Gasteiger charge is 2.16. The Kier molecular flexibility index (Phi) is 8.30. The molecule has 3 rings (SSSR count). The van der Waals surface area contributed by atoms with E-state index in [1.54, 1.807) is 17.4 Å². The number of rotatable bonds is 11. The smallest absolute Gasteiger partial charge is 0.191 e. The largest absolute Gasteiger partial charge is 0.490 e. The number of halogens is 1. The molecule has 31 heavy (non-hydrogen) atoms. The average molecular weight is 464 g/mol. The lowest BCUT2D eigenvalue weighted by Crippen LogP contribution is -2.02. The number of thioether (sulfide) groups is 1. The maximum Gasteiger partial charge on any atom is 0.191 e. The first-order chi connectivity index (χ1) is 15.0. The first-order valence-electron chi connectivity index (χ1n) is 10.0. The molecule has 0 atom stereocenters. The second kappa shape index (κ2) is 11.1. The van der Waals surface area contributed by atoms with E-state index in [0.717, 1.165) is 29.1 Å². The molecule has 166 valence electrons. The van der Waals surface area contributed by atoms with Crippen LogP contribution < -0.4 is 20.9 Å². The first kappa shape index (κ1) is 23.1. The number of nitrogens with two attached hydrogens (primary N) is 2. The highest BCUT2D eigenvalue weighted by atomic mass is 32.2. The van der Waals surface area contributed by atoms with E-state index >= 15 is 0 Å². The van der Waals surface area contributed by atoms with Crippen molar-refractivity contribution in [2.45, 2.75) is 37.6 Å². The maximum atomic E-state index is 12.5. The Morgan fingerprint density at radius 3 is 2.48 bits per heavy atom. The standard InChI is InChI=1S/C21H26FN5O2S2/c1-3-5-17-14(12-30-21-26-18(23)11-19(24)27-21)25-20(31-17)13-6-7-15(29-9-8-22)16(10-13)28-4-2/h6-7,10-11H,3-5,8-9,12H2,1-2H3,(H4,23,24,26,27). The van der Waals surface area contributed by atoms with Crippen LogP contribution in [0.4, 0.5) is 16.0 Å². The summed E-state index contributed by atoms with van der Waals surface area (Å²) in [4.78, 5) is 14.5. The predicted octanol–water partition coefficient (Wildman–Crippen LogP) is 4.76. The first-order valence-corrected chi connectivity index (χ1v) is 11.8. The number of alkyl halides is 1. The molecule has 0 saturated heterocycles. The van der Waals surface area contributed by atoms with Gasteiger partial charge >= 0.3 is 0 Å². The number of aryl methyl sites for hydroxylation is 1. The van der Waals surface area contributed by atoms with Crippen molar-refractivity contribution in [1.82, 2.24) is 15.0 Å². The molecule has 10 heteroatoms. The molecule has 7 nitrogen and oxygen atoms in total. The minimum absolute atomic E-state index is 0.00468. The fourth-order valence-electron chi connectivity index (χ4n) is 2.88. The highest BCUT2D eigenvalue weighted by molar-refractivity contribution is 7.98. The van der Waals surface area contributed by atoms with Crippen LogP contribution in [0.1, 0.15) is 30.8 Å². The summed E-state index contributed by atoms with van der Waals surface area (Å²) in [5.41, 5.74) is 13.5. The molecule has 0 aliphatic heterocycles. The maximum absolute atomic E-state index is 12.5. The molecule has 0 radical (unpaired) electrons. The Hall–Kier alpha value is -2.59. The quantitative estimate of drug-likeness (QED) is 0.309. The molecule has 3 aromatic rings. The molecular formula is C21H26FN5O2S2. The van der Waals surface area contributed by atoms with Crippen molar-refractivity contribution in [3.8, 4) is 22.1 Å². The second-order valence-electron chi connectivity index (χ2n) is 6.56. The summed E-state index contributed by atoms with van der Waals surface area (Å²) in [6, 6.07) is 7.15. The molecule has 0 amide bonds. The van der Waals surface area contributed by atoms with E-state index in [1.807, 2.05) is 19.1 Å². The van der Waals surface area contributed by atoms with E-state index < -0.39 is 6.67 Å². The Morgan fingerprint density at radius 2 is 1.81 bits per heavy atom. The zero-order valence-corrected chi connectivity index (χ0v) is 19.2. The van der Waals surface area contributed by atoms with E-state index in [9.17, 15) is 4.39 Å². The van der Waals surface area contributed by atoms with Gasteiger partial charge < -0.3 is 20.9 Å². The minimum atomic E-state index is -0.552. The van der Waals surface area contributed by atoms with Crippen LogP contribution in [0.25, 0.3) is 10.6 Å². The summed E-state index contributed by atoms with van der Waals surface area (Å²) in [6.07, 6.45) is 1.95. The molecule has 0 aliphatic carbocycles. The van der Waals surface area contributed by atoms with Crippen LogP contribution in [0.5, 0.6) is 11.5 Å². The van der Waals surface area contributed by atoms with Gasteiger partial charge in [-0.2, -0.15) is 0 Å². The van der Waals surface area contributed by atoms with Crippen LogP contribution >= 0.6 is 23.1 Å². The fraction of sp³-hybridized carbons (Fsp3) is 0.381. The Balaban J connectivity index is 1.85. The van der Waals surface area contributed by atoms with Gasteiger partial charge in [0.25, 0.3) is 0 Å². The molecule has 1 aromatic carbocycles. The minimum Gasteiger partial charge on any atom is -0.490 e. The molecule has 2 aromatic heterocycles. The van der Waals surface area contributed by atoms with Gasteiger partial charge in [-0.3, -0.25) is 0 Å². The van der Waals surface area contributed by atoms with Gasteiger partial charge in [-0.15, -0.1) is 11.3 Å². The third-order valence-corrected chi connectivity index (χ3v) is 6.23. The number of hydrogen-bond acceptors (Lipinski definition) is 9. The molecule has 0 unspecified atom stereocenters. The third kappa shape index (κ3) is 6.20. The lowest BCUT2D eigenvalue weighted by molar-refractivity contribution is 0.251.